The number of methoxy groups -OCH3 is 1. The first-order chi connectivity index (χ1) is 8.26. The molecule has 0 aliphatic carbocycles. The molecule has 0 aliphatic heterocycles. The first kappa shape index (κ1) is 14.0. The molecule has 0 radical (unpaired) electrons. The van der Waals surface area contributed by atoms with Crippen molar-refractivity contribution in [1.82, 2.24) is 5.32 Å². The highest BCUT2D eigenvalue weighted by molar-refractivity contribution is 5.28. The van der Waals surface area contributed by atoms with E-state index >= 15 is 0 Å². The second kappa shape index (κ2) is 8.13. The molecule has 0 fully saturated rings. The van der Waals surface area contributed by atoms with E-state index < -0.39 is 0 Å². The number of unbranched alkanes of at least 4 members (excludes halogenated alkanes) is 2. The summed E-state index contributed by atoms with van der Waals surface area (Å²) in [5.41, 5.74) is 1.28. The minimum Gasteiger partial charge on any atom is -0.497 e. The van der Waals surface area contributed by atoms with E-state index in [0.717, 1.165) is 12.3 Å². The third-order valence-electron chi connectivity index (χ3n) is 3.03. The van der Waals surface area contributed by atoms with Crippen LogP contribution in [0.5, 0.6) is 5.75 Å². The smallest absolute Gasteiger partial charge is 0.119 e. The van der Waals surface area contributed by atoms with Gasteiger partial charge in [-0.15, -0.1) is 0 Å². The van der Waals surface area contributed by atoms with Crippen LogP contribution >= 0.6 is 0 Å². The van der Waals surface area contributed by atoms with Crippen molar-refractivity contribution in [2.75, 3.05) is 7.11 Å². The van der Waals surface area contributed by atoms with Crippen molar-refractivity contribution in [2.24, 2.45) is 0 Å². The fraction of sp³-hybridized carbons (Fsp3) is 0.600. The van der Waals surface area contributed by atoms with Gasteiger partial charge in [0, 0.05) is 12.6 Å². The largest absolute Gasteiger partial charge is 0.497 e. The van der Waals surface area contributed by atoms with Gasteiger partial charge in [0.2, 0.25) is 0 Å². The number of nitrogens with one attached hydrogen (secondary N) is 1. The van der Waals surface area contributed by atoms with Crippen molar-refractivity contribution in [3.05, 3.63) is 29.8 Å². The van der Waals surface area contributed by atoms with E-state index in [9.17, 15) is 0 Å². The SMILES string of the molecule is CCCCCC(C)NCc1cccc(OC)c1. The Morgan fingerprint density at radius 2 is 2.12 bits per heavy atom. The summed E-state index contributed by atoms with van der Waals surface area (Å²) >= 11 is 0. The number of rotatable bonds is 8. The second-order valence-electron chi connectivity index (χ2n) is 4.63. The van der Waals surface area contributed by atoms with Gasteiger partial charge in [-0.25, -0.2) is 0 Å². The summed E-state index contributed by atoms with van der Waals surface area (Å²) in [4.78, 5) is 0. The normalized spacial score (nSPS) is 12.4. The minimum absolute atomic E-state index is 0.591. The average molecular weight is 235 g/mol. The van der Waals surface area contributed by atoms with Crippen molar-refractivity contribution in [2.45, 2.75) is 52.1 Å². The first-order valence-electron chi connectivity index (χ1n) is 6.62. The van der Waals surface area contributed by atoms with Crippen LogP contribution in [0.1, 0.15) is 45.1 Å². The number of ether oxygens (including phenoxy) is 1. The zero-order valence-corrected chi connectivity index (χ0v) is 11.3. The molecule has 0 amide bonds. The molecule has 1 aromatic rings. The van der Waals surface area contributed by atoms with E-state index in [1.54, 1.807) is 7.11 Å². The van der Waals surface area contributed by atoms with Crippen LogP contribution in [0.25, 0.3) is 0 Å². The Kier molecular flexibility index (Phi) is 6.71. The molecule has 0 aliphatic rings. The highest BCUT2D eigenvalue weighted by atomic mass is 16.5. The summed E-state index contributed by atoms with van der Waals surface area (Å²) in [6.07, 6.45) is 5.22. The molecule has 0 saturated carbocycles. The van der Waals surface area contributed by atoms with Crippen LogP contribution in [0.3, 0.4) is 0 Å². The molecule has 1 N–H and O–H groups in total. The lowest BCUT2D eigenvalue weighted by molar-refractivity contribution is 0.413. The van der Waals surface area contributed by atoms with Crippen molar-refractivity contribution < 1.29 is 4.74 Å². The van der Waals surface area contributed by atoms with Crippen LogP contribution in [0, 0.1) is 0 Å². The quantitative estimate of drug-likeness (QED) is 0.693. The van der Waals surface area contributed by atoms with Gasteiger partial charge in [0.15, 0.2) is 0 Å². The molecule has 1 aromatic carbocycles. The summed E-state index contributed by atoms with van der Waals surface area (Å²) in [6.45, 7) is 5.43. The third-order valence-corrected chi connectivity index (χ3v) is 3.03. The molecule has 0 saturated heterocycles. The van der Waals surface area contributed by atoms with Crippen molar-refractivity contribution in [3.8, 4) is 5.75 Å². The predicted octanol–water partition coefficient (Wildman–Crippen LogP) is 3.75. The molecule has 1 atom stereocenters. The number of hydrogen-bond donors (Lipinski definition) is 1. The molecule has 2 heteroatoms. The Labute approximate surface area is 105 Å². The highest BCUT2D eigenvalue weighted by Gasteiger charge is 2.01. The summed E-state index contributed by atoms with van der Waals surface area (Å²) in [7, 11) is 1.71. The van der Waals surface area contributed by atoms with Gasteiger partial charge < -0.3 is 10.1 Å². The summed E-state index contributed by atoms with van der Waals surface area (Å²) in [5, 5.41) is 3.55. The molecule has 0 aromatic heterocycles. The van der Waals surface area contributed by atoms with E-state index in [0.29, 0.717) is 6.04 Å². The Balaban J connectivity index is 2.28. The molecular formula is C15H25NO. The lowest BCUT2D eigenvalue weighted by atomic mass is 10.1. The maximum Gasteiger partial charge on any atom is 0.119 e. The van der Waals surface area contributed by atoms with Crippen LogP contribution in [-0.2, 0) is 6.54 Å². The third kappa shape index (κ3) is 5.73. The van der Waals surface area contributed by atoms with E-state index in [-0.39, 0.29) is 0 Å². The highest BCUT2D eigenvalue weighted by Crippen LogP contribution is 2.12. The zero-order valence-electron chi connectivity index (χ0n) is 11.3. The molecule has 0 spiro atoms. The second-order valence-corrected chi connectivity index (χ2v) is 4.63. The van der Waals surface area contributed by atoms with Crippen LogP contribution in [0.15, 0.2) is 24.3 Å². The van der Waals surface area contributed by atoms with Gasteiger partial charge in [-0.3, -0.25) is 0 Å². The van der Waals surface area contributed by atoms with Gasteiger partial charge in [-0.2, -0.15) is 0 Å². The van der Waals surface area contributed by atoms with Crippen molar-refractivity contribution >= 4 is 0 Å². The van der Waals surface area contributed by atoms with Gasteiger partial charge in [0.05, 0.1) is 7.11 Å². The first-order valence-corrected chi connectivity index (χ1v) is 6.62. The van der Waals surface area contributed by atoms with Crippen LogP contribution in [-0.4, -0.2) is 13.2 Å². The molecule has 2 nitrogen and oxygen atoms in total. The van der Waals surface area contributed by atoms with Gasteiger partial charge in [0.1, 0.15) is 5.75 Å². The maximum absolute atomic E-state index is 5.21. The Morgan fingerprint density at radius 3 is 2.82 bits per heavy atom. The Bertz CT molecular complexity index is 312. The lowest BCUT2D eigenvalue weighted by Gasteiger charge is -2.13. The topological polar surface area (TPSA) is 21.3 Å². The molecule has 0 bridgehead atoms. The molecule has 17 heavy (non-hydrogen) atoms. The fourth-order valence-electron chi connectivity index (χ4n) is 1.88. The molecule has 1 rings (SSSR count). The Morgan fingerprint density at radius 1 is 1.29 bits per heavy atom. The van der Waals surface area contributed by atoms with Gasteiger partial charge in [-0.05, 0) is 31.0 Å². The van der Waals surface area contributed by atoms with Gasteiger partial charge in [0.25, 0.3) is 0 Å². The van der Waals surface area contributed by atoms with E-state index in [1.807, 2.05) is 12.1 Å². The van der Waals surface area contributed by atoms with E-state index in [2.05, 4.69) is 31.3 Å². The molecule has 0 heterocycles. The maximum atomic E-state index is 5.21. The zero-order chi connectivity index (χ0) is 12.5. The summed E-state index contributed by atoms with van der Waals surface area (Å²) < 4.78 is 5.21. The number of hydrogen-bond acceptors (Lipinski definition) is 2. The molecular weight excluding hydrogens is 210 g/mol. The average Bonchev–Trinajstić information content (AvgIpc) is 2.37. The number of benzene rings is 1. The molecule has 96 valence electrons. The predicted molar refractivity (Wildman–Crippen MR) is 73.4 cm³/mol. The van der Waals surface area contributed by atoms with Crippen LogP contribution in [0.4, 0.5) is 0 Å². The lowest BCUT2D eigenvalue weighted by Crippen LogP contribution is -2.25. The fourth-order valence-corrected chi connectivity index (χ4v) is 1.88. The van der Waals surface area contributed by atoms with Crippen LogP contribution in [0.2, 0.25) is 0 Å². The minimum atomic E-state index is 0.591. The van der Waals surface area contributed by atoms with Crippen molar-refractivity contribution in [3.63, 3.8) is 0 Å². The molecule has 1 unspecified atom stereocenters. The Hall–Kier alpha value is -1.02. The monoisotopic (exact) mass is 235 g/mol. The van der Waals surface area contributed by atoms with Crippen molar-refractivity contribution in [1.29, 1.82) is 0 Å². The summed E-state index contributed by atoms with van der Waals surface area (Å²) in [5.74, 6) is 0.933. The van der Waals surface area contributed by atoms with Gasteiger partial charge in [-0.1, -0.05) is 38.3 Å². The van der Waals surface area contributed by atoms with Gasteiger partial charge >= 0.3 is 0 Å². The van der Waals surface area contributed by atoms with E-state index in [1.165, 1.54) is 31.2 Å². The van der Waals surface area contributed by atoms with Crippen LogP contribution < -0.4 is 10.1 Å². The van der Waals surface area contributed by atoms with E-state index in [4.69, 9.17) is 4.74 Å². The standard InChI is InChI=1S/C15H25NO/c1-4-5-6-8-13(2)16-12-14-9-7-10-15(11-14)17-3/h7,9-11,13,16H,4-6,8,12H2,1-3H3. The summed E-state index contributed by atoms with van der Waals surface area (Å²) in [6, 6.07) is 8.83.